The number of nitrogens with two attached hydrogens (primary N) is 2. The lowest BCUT2D eigenvalue weighted by Crippen LogP contribution is -2.37. The molecular formula is C28H35N9O2. The summed E-state index contributed by atoms with van der Waals surface area (Å²) < 4.78 is 0. The molecule has 3 aromatic heterocycles. The molecule has 1 aliphatic carbocycles. The van der Waals surface area contributed by atoms with Gasteiger partial charge in [-0.05, 0) is 68.8 Å². The quantitative estimate of drug-likeness (QED) is 0.183. The number of nitrogen functional groups attached to an aromatic ring is 1. The standard InChI is InChI=1S/C28H35N9O2/c29-14-17-4-6-18(7-5-17)28(39)35-22(10-11-25(38)32-15-20-3-1-2-12-31-20)27-33-16-24(34-27)19-8-9-21-23(13-19)36-37-26(21)30/h1-3,8-9,12-13,16-18,22H,4-7,10-11,14-15,29H2,(H,32,38)(H,33,34)(H,35,39)(H3,30,36,37)/t17-,18-,22-/m0/s1. The third-order valence-corrected chi connectivity index (χ3v) is 7.55. The van der Waals surface area contributed by atoms with E-state index in [4.69, 9.17) is 11.5 Å². The van der Waals surface area contributed by atoms with Crippen LogP contribution in [0.5, 0.6) is 0 Å². The molecule has 11 heteroatoms. The number of anilines is 1. The van der Waals surface area contributed by atoms with Crippen LogP contribution < -0.4 is 22.1 Å². The van der Waals surface area contributed by atoms with Crippen LogP contribution in [0.2, 0.25) is 0 Å². The van der Waals surface area contributed by atoms with Gasteiger partial charge in [0.2, 0.25) is 11.8 Å². The predicted octanol–water partition coefficient (Wildman–Crippen LogP) is 2.95. The fourth-order valence-electron chi connectivity index (χ4n) is 5.15. The summed E-state index contributed by atoms with van der Waals surface area (Å²) in [6.45, 7) is 1.02. The summed E-state index contributed by atoms with van der Waals surface area (Å²) in [7, 11) is 0. The number of aromatic nitrogens is 5. The molecule has 204 valence electrons. The molecule has 8 N–H and O–H groups in total. The number of rotatable bonds is 10. The fourth-order valence-corrected chi connectivity index (χ4v) is 5.15. The van der Waals surface area contributed by atoms with E-state index in [-0.39, 0.29) is 24.2 Å². The number of carbonyl (C=O) groups is 2. The summed E-state index contributed by atoms with van der Waals surface area (Å²) in [4.78, 5) is 38.1. The van der Waals surface area contributed by atoms with Gasteiger partial charge in [-0.1, -0.05) is 12.1 Å². The van der Waals surface area contributed by atoms with Crippen molar-refractivity contribution >= 4 is 28.5 Å². The molecule has 5 rings (SSSR count). The first-order valence-electron chi connectivity index (χ1n) is 13.5. The van der Waals surface area contributed by atoms with E-state index in [0.717, 1.165) is 53.5 Å². The van der Waals surface area contributed by atoms with Crippen LogP contribution in [0.25, 0.3) is 22.2 Å². The molecule has 0 radical (unpaired) electrons. The lowest BCUT2D eigenvalue weighted by molar-refractivity contribution is -0.127. The third kappa shape index (κ3) is 6.43. The van der Waals surface area contributed by atoms with Gasteiger partial charge in [0.15, 0.2) is 5.82 Å². The Labute approximate surface area is 226 Å². The summed E-state index contributed by atoms with van der Waals surface area (Å²) in [6.07, 6.45) is 7.63. The second kappa shape index (κ2) is 12.1. The van der Waals surface area contributed by atoms with Crippen LogP contribution in [0, 0.1) is 11.8 Å². The lowest BCUT2D eigenvalue weighted by Gasteiger charge is -2.28. The Morgan fingerprint density at radius 3 is 2.72 bits per heavy atom. The molecule has 39 heavy (non-hydrogen) atoms. The predicted molar refractivity (Wildman–Crippen MR) is 149 cm³/mol. The highest BCUT2D eigenvalue weighted by molar-refractivity contribution is 5.91. The average Bonchev–Trinajstić information content (AvgIpc) is 3.61. The van der Waals surface area contributed by atoms with E-state index in [9.17, 15) is 9.59 Å². The highest BCUT2D eigenvalue weighted by Crippen LogP contribution is 2.30. The first-order chi connectivity index (χ1) is 19.0. The van der Waals surface area contributed by atoms with Crippen molar-refractivity contribution in [3.63, 3.8) is 0 Å². The molecule has 0 bridgehead atoms. The minimum Gasteiger partial charge on any atom is -0.382 e. The van der Waals surface area contributed by atoms with Crippen molar-refractivity contribution in [3.8, 4) is 11.3 Å². The van der Waals surface area contributed by atoms with Gasteiger partial charge in [-0.2, -0.15) is 5.10 Å². The molecule has 1 atom stereocenters. The number of aromatic amines is 2. The lowest BCUT2D eigenvalue weighted by atomic mass is 9.81. The zero-order valence-electron chi connectivity index (χ0n) is 21.8. The van der Waals surface area contributed by atoms with Gasteiger partial charge in [-0.25, -0.2) is 4.98 Å². The molecule has 0 aliphatic heterocycles. The van der Waals surface area contributed by atoms with Gasteiger partial charge in [0.25, 0.3) is 0 Å². The smallest absolute Gasteiger partial charge is 0.223 e. The number of pyridine rings is 1. The molecule has 4 aromatic rings. The van der Waals surface area contributed by atoms with Crippen LogP contribution in [0.15, 0.2) is 48.8 Å². The number of hydrogen-bond donors (Lipinski definition) is 6. The Bertz CT molecular complexity index is 1410. The molecule has 11 nitrogen and oxygen atoms in total. The maximum Gasteiger partial charge on any atom is 0.223 e. The topological polar surface area (TPSA) is 180 Å². The van der Waals surface area contributed by atoms with Gasteiger partial charge in [0.05, 0.1) is 35.7 Å². The minimum absolute atomic E-state index is 0.00308. The fraction of sp³-hybridized carbons (Fsp3) is 0.393. The van der Waals surface area contributed by atoms with Crippen molar-refractivity contribution in [2.75, 3.05) is 12.3 Å². The SMILES string of the molecule is NC[C@H]1CC[C@H](C(=O)N[C@@H](CCC(=O)NCc2ccccn2)c2ncc(-c3ccc4c(N)n[nH]c4c3)[nH]2)CC1. The molecule has 0 saturated heterocycles. The minimum atomic E-state index is -0.439. The van der Waals surface area contributed by atoms with Gasteiger partial charge >= 0.3 is 0 Å². The van der Waals surface area contributed by atoms with Crippen LogP contribution >= 0.6 is 0 Å². The number of hydrogen-bond acceptors (Lipinski definition) is 7. The molecule has 1 fully saturated rings. The van der Waals surface area contributed by atoms with E-state index in [1.807, 2.05) is 36.4 Å². The largest absolute Gasteiger partial charge is 0.382 e. The molecule has 0 unspecified atom stereocenters. The number of nitrogens with zero attached hydrogens (tertiary/aromatic N) is 3. The summed E-state index contributed by atoms with van der Waals surface area (Å²) in [6, 6.07) is 10.9. The van der Waals surface area contributed by atoms with Crippen LogP contribution in [-0.2, 0) is 16.1 Å². The van der Waals surface area contributed by atoms with Crippen LogP contribution in [-0.4, -0.2) is 43.5 Å². The summed E-state index contributed by atoms with van der Waals surface area (Å²) in [5.74, 6) is 1.37. The Hall–Kier alpha value is -4.25. The number of amides is 2. The Balaban J connectivity index is 1.28. The molecule has 1 aliphatic rings. The zero-order valence-corrected chi connectivity index (χ0v) is 21.8. The Morgan fingerprint density at radius 1 is 1.10 bits per heavy atom. The normalized spacial score (nSPS) is 18.1. The monoisotopic (exact) mass is 529 g/mol. The van der Waals surface area contributed by atoms with E-state index in [0.29, 0.717) is 37.1 Å². The van der Waals surface area contributed by atoms with E-state index in [1.54, 1.807) is 12.4 Å². The number of carbonyl (C=O) groups excluding carboxylic acids is 2. The van der Waals surface area contributed by atoms with Crippen LogP contribution in [0.4, 0.5) is 5.82 Å². The summed E-state index contributed by atoms with van der Waals surface area (Å²) >= 11 is 0. The van der Waals surface area contributed by atoms with Crippen molar-refractivity contribution in [2.45, 2.75) is 51.1 Å². The summed E-state index contributed by atoms with van der Waals surface area (Å²) in [5.41, 5.74) is 15.0. The highest BCUT2D eigenvalue weighted by atomic mass is 16.2. The number of imidazole rings is 1. The van der Waals surface area contributed by atoms with Gasteiger partial charge in [-0.3, -0.25) is 19.7 Å². The van der Waals surface area contributed by atoms with E-state index < -0.39 is 6.04 Å². The number of fused-ring (bicyclic) bond motifs is 1. The van der Waals surface area contributed by atoms with Crippen LogP contribution in [0.3, 0.4) is 0 Å². The summed E-state index contributed by atoms with van der Waals surface area (Å²) in [5, 5.41) is 13.9. The molecule has 1 saturated carbocycles. The molecule has 1 aromatic carbocycles. The van der Waals surface area contributed by atoms with Crippen molar-refractivity contribution in [3.05, 3.63) is 60.3 Å². The van der Waals surface area contributed by atoms with Gasteiger partial charge < -0.3 is 27.1 Å². The first-order valence-corrected chi connectivity index (χ1v) is 13.5. The number of H-pyrrole nitrogens is 2. The van der Waals surface area contributed by atoms with E-state index >= 15 is 0 Å². The molecular weight excluding hydrogens is 494 g/mol. The van der Waals surface area contributed by atoms with E-state index in [1.165, 1.54) is 0 Å². The van der Waals surface area contributed by atoms with Crippen molar-refractivity contribution in [1.29, 1.82) is 0 Å². The zero-order chi connectivity index (χ0) is 27.2. The molecule has 3 heterocycles. The van der Waals surface area contributed by atoms with Crippen molar-refractivity contribution < 1.29 is 9.59 Å². The van der Waals surface area contributed by atoms with E-state index in [2.05, 4.69) is 35.8 Å². The molecule has 0 spiro atoms. The second-order valence-electron chi connectivity index (χ2n) is 10.2. The van der Waals surface area contributed by atoms with Gasteiger partial charge in [-0.15, -0.1) is 0 Å². The van der Waals surface area contributed by atoms with Gasteiger partial charge in [0.1, 0.15) is 5.82 Å². The maximum atomic E-state index is 13.2. The third-order valence-electron chi connectivity index (χ3n) is 7.55. The Morgan fingerprint density at radius 2 is 1.95 bits per heavy atom. The highest BCUT2D eigenvalue weighted by Gasteiger charge is 2.28. The second-order valence-corrected chi connectivity index (χ2v) is 10.2. The number of benzene rings is 1. The first kappa shape index (κ1) is 26.4. The average molecular weight is 530 g/mol. The van der Waals surface area contributed by atoms with Crippen molar-refractivity contribution in [2.24, 2.45) is 17.6 Å². The van der Waals surface area contributed by atoms with Gasteiger partial charge in [0, 0.05) is 29.5 Å². The van der Waals surface area contributed by atoms with Crippen molar-refractivity contribution in [1.82, 2.24) is 35.8 Å². The molecule has 2 amide bonds. The Kier molecular flexibility index (Phi) is 8.16. The van der Waals surface area contributed by atoms with Crippen LogP contribution in [0.1, 0.15) is 56.1 Å². The number of nitrogens with one attached hydrogen (secondary N) is 4. The maximum absolute atomic E-state index is 13.2.